The first-order valence-electron chi connectivity index (χ1n) is 8.73. The summed E-state index contributed by atoms with van der Waals surface area (Å²) in [7, 11) is 1.36. The zero-order valence-electron chi connectivity index (χ0n) is 15.3. The number of para-hydroxylation sites is 1. The van der Waals surface area contributed by atoms with Crippen molar-refractivity contribution < 1.29 is 27.5 Å². The fraction of sp³-hybridized carbons (Fsp3) is 0.200. The highest BCUT2D eigenvalue weighted by Gasteiger charge is 2.35. The van der Waals surface area contributed by atoms with Gasteiger partial charge in [-0.2, -0.15) is 18.3 Å². The molecule has 0 fully saturated rings. The average Bonchev–Trinajstić information content (AvgIpc) is 3.31. The number of ether oxygens (including phenoxy) is 2. The van der Waals surface area contributed by atoms with Crippen molar-refractivity contribution in [1.82, 2.24) is 9.78 Å². The molecule has 150 valence electrons. The SMILES string of the molecule is Cn1nc(C(F)(F)F)cc1OC1=NO[C@H](c2ccc(Oc3ccccc3)cc2)C1. The van der Waals surface area contributed by atoms with Gasteiger partial charge in [0.25, 0.3) is 0 Å². The van der Waals surface area contributed by atoms with Crippen molar-refractivity contribution in [2.75, 3.05) is 0 Å². The van der Waals surface area contributed by atoms with Crippen molar-refractivity contribution in [2.24, 2.45) is 12.2 Å². The number of oxime groups is 1. The highest BCUT2D eigenvalue weighted by Crippen LogP contribution is 2.33. The first kappa shape index (κ1) is 18.9. The van der Waals surface area contributed by atoms with Gasteiger partial charge in [-0.25, -0.2) is 4.68 Å². The average molecular weight is 403 g/mol. The molecule has 0 amide bonds. The van der Waals surface area contributed by atoms with Crippen LogP contribution in [-0.2, 0) is 18.1 Å². The Morgan fingerprint density at radius 1 is 1.00 bits per heavy atom. The predicted octanol–water partition coefficient (Wildman–Crippen LogP) is 5.09. The third-order valence-corrected chi connectivity index (χ3v) is 4.22. The Morgan fingerprint density at radius 3 is 2.34 bits per heavy atom. The van der Waals surface area contributed by atoms with Crippen molar-refractivity contribution >= 4 is 5.90 Å². The second kappa shape index (κ2) is 7.50. The molecule has 0 aliphatic carbocycles. The monoisotopic (exact) mass is 403 g/mol. The summed E-state index contributed by atoms with van der Waals surface area (Å²) in [5.41, 5.74) is -0.186. The summed E-state index contributed by atoms with van der Waals surface area (Å²) in [6, 6.07) is 17.5. The van der Waals surface area contributed by atoms with Gasteiger partial charge in [0.2, 0.25) is 11.8 Å². The Morgan fingerprint density at radius 2 is 1.69 bits per heavy atom. The molecular formula is C20H16F3N3O3. The van der Waals surface area contributed by atoms with E-state index >= 15 is 0 Å². The number of hydrogen-bond donors (Lipinski definition) is 0. The number of halogens is 3. The van der Waals surface area contributed by atoms with Gasteiger partial charge in [-0.1, -0.05) is 35.5 Å². The smallest absolute Gasteiger partial charge is 0.435 e. The second-order valence-corrected chi connectivity index (χ2v) is 6.36. The molecule has 1 aromatic heterocycles. The van der Waals surface area contributed by atoms with Crippen LogP contribution in [0, 0.1) is 0 Å². The summed E-state index contributed by atoms with van der Waals surface area (Å²) in [6.45, 7) is 0. The van der Waals surface area contributed by atoms with Crippen molar-refractivity contribution in [3.8, 4) is 17.4 Å². The van der Waals surface area contributed by atoms with Gasteiger partial charge in [-0.3, -0.25) is 0 Å². The number of alkyl halides is 3. The maximum absolute atomic E-state index is 12.8. The molecule has 29 heavy (non-hydrogen) atoms. The summed E-state index contributed by atoms with van der Waals surface area (Å²) >= 11 is 0. The first-order valence-corrected chi connectivity index (χ1v) is 8.73. The molecule has 6 nitrogen and oxygen atoms in total. The van der Waals surface area contributed by atoms with E-state index < -0.39 is 18.0 Å². The first-order chi connectivity index (χ1) is 13.9. The van der Waals surface area contributed by atoms with E-state index in [1.54, 1.807) is 12.1 Å². The van der Waals surface area contributed by atoms with Crippen LogP contribution in [0.25, 0.3) is 0 Å². The standard InChI is InChI=1S/C20H16F3N3O3/c1-26-19(12-17(24-26)20(21,22)23)28-18-11-16(29-25-18)13-7-9-15(10-8-13)27-14-5-3-2-4-6-14/h2-10,12,16H,11H2,1H3/t16-/m0/s1. The van der Waals surface area contributed by atoms with Crippen LogP contribution in [-0.4, -0.2) is 15.7 Å². The molecular weight excluding hydrogens is 387 g/mol. The quantitative estimate of drug-likeness (QED) is 0.609. The van der Waals surface area contributed by atoms with E-state index in [0.29, 0.717) is 5.75 Å². The van der Waals surface area contributed by atoms with E-state index in [9.17, 15) is 13.2 Å². The summed E-state index contributed by atoms with van der Waals surface area (Å²) < 4.78 is 50.4. The lowest BCUT2D eigenvalue weighted by molar-refractivity contribution is -0.141. The molecule has 0 N–H and O–H groups in total. The van der Waals surface area contributed by atoms with Gasteiger partial charge in [-0.15, -0.1) is 0 Å². The highest BCUT2D eigenvalue weighted by atomic mass is 19.4. The molecule has 2 aromatic carbocycles. The normalized spacial score (nSPS) is 16.3. The van der Waals surface area contributed by atoms with Gasteiger partial charge in [0.05, 0.1) is 6.42 Å². The minimum atomic E-state index is -4.54. The van der Waals surface area contributed by atoms with Crippen LogP contribution in [0.1, 0.15) is 23.8 Å². The van der Waals surface area contributed by atoms with Crippen molar-refractivity contribution in [2.45, 2.75) is 18.7 Å². The number of aryl methyl sites for hydroxylation is 1. The van der Waals surface area contributed by atoms with Gasteiger partial charge in [-0.05, 0) is 29.8 Å². The van der Waals surface area contributed by atoms with Crippen molar-refractivity contribution in [3.05, 3.63) is 71.9 Å². The predicted molar refractivity (Wildman–Crippen MR) is 97.7 cm³/mol. The lowest BCUT2D eigenvalue weighted by Gasteiger charge is -2.10. The van der Waals surface area contributed by atoms with Crippen molar-refractivity contribution in [3.63, 3.8) is 0 Å². The van der Waals surface area contributed by atoms with E-state index in [1.807, 2.05) is 42.5 Å². The number of hydrogen-bond acceptors (Lipinski definition) is 5. The van der Waals surface area contributed by atoms with Crippen molar-refractivity contribution in [1.29, 1.82) is 0 Å². The maximum atomic E-state index is 12.8. The molecule has 0 unspecified atom stereocenters. The number of nitrogens with zero attached hydrogens (tertiary/aromatic N) is 3. The minimum absolute atomic E-state index is 0.0630. The molecule has 2 heterocycles. The third-order valence-electron chi connectivity index (χ3n) is 4.22. The largest absolute Gasteiger partial charge is 0.457 e. The molecule has 1 aliphatic rings. The zero-order valence-corrected chi connectivity index (χ0v) is 15.3. The topological polar surface area (TPSA) is 57.9 Å². The number of aromatic nitrogens is 2. The highest BCUT2D eigenvalue weighted by molar-refractivity contribution is 5.79. The van der Waals surface area contributed by atoms with Gasteiger partial charge in [0.15, 0.2) is 11.8 Å². The van der Waals surface area contributed by atoms with Gasteiger partial charge in [0, 0.05) is 13.1 Å². The second-order valence-electron chi connectivity index (χ2n) is 6.36. The van der Waals surface area contributed by atoms with Gasteiger partial charge in [0.1, 0.15) is 11.5 Å². The molecule has 1 atom stereocenters. The lowest BCUT2D eigenvalue weighted by atomic mass is 10.1. The maximum Gasteiger partial charge on any atom is 0.435 e. The van der Waals surface area contributed by atoms with E-state index in [-0.39, 0.29) is 18.2 Å². The summed E-state index contributed by atoms with van der Waals surface area (Å²) in [5.74, 6) is 1.51. The molecule has 0 spiro atoms. The Kier molecular flexibility index (Phi) is 4.87. The Balaban J connectivity index is 1.38. The summed E-state index contributed by atoms with van der Waals surface area (Å²) in [4.78, 5) is 5.37. The van der Waals surface area contributed by atoms with Gasteiger partial charge >= 0.3 is 6.18 Å². The Hall–Kier alpha value is -3.49. The van der Waals surface area contributed by atoms with Crippen LogP contribution in [0.2, 0.25) is 0 Å². The summed E-state index contributed by atoms with van der Waals surface area (Å²) in [6.07, 6.45) is -4.66. The van der Waals surface area contributed by atoms with Crippen LogP contribution < -0.4 is 9.47 Å². The fourth-order valence-electron chi connectivity index (χ4n) is 2.77. The molecule has 1 aliphatic heterocycles. The number of benzene rings is 2. The lowest BCUT2D eigenvalue weighted by Crippen LogP contribution is -2.10. The van der Waals surface area contributed by atoms with E-state index in [2.05, 4.69) is 10.3 Å². The van der Waals surface area contributed by atoms with E-state index in [1.165, 1.54) is 7.05 Å². The van der Waals surface area contributed by atoms with Crippen LogP contribution in [0.5, 0.6) is 17.4 Å². The Labute approximate surface area is 164 Å². The molecule has 0 saturated heterocycles. The molecule has 4 rings (SSSR count). The molecule has 0 saturated carbocycles. The number of rotatable bonds is 4. The Bertz CT molecular complexity index is 1010. The van der Waals surface area contributed by atoms with Crippen LogP contribution in [0.4, 0.5) is 13.2 Å². The van der Waals surface area contributed by atoms with Crippen LogP contribution in [0.15, 0.2) is 65.8 Å². The summed E-state index contributed by atoms with van der Waals surface area (Å²) in [5, 5.41) is 7.23. The third kappa shape index (κ3) is 4.34. The molecule has 9 heteroatoms. The zero-order chi connectivity index (χ0) is 20.4. The molecule has 3 aromatic rings. The molecule has 0 radical (unpaired) electrons. The minimum Gasteiger partial charge on any atom is -0.457 e. The van der Waals surface area contributed by atoms with E-state index in [4.69, 9.17) is 14.3 Å². The van der Waals surface area contributed by atoms with Crippen LogP contribution in [0.3, 0.4) is 0 Å². The fourth-order valence-corrected chi connectivity index (χ4v) is 2.77. The van der Waals surface area contributed by atoms with Crippen LogP contribution >= 0.6 is 0 Å². The van der Waals surface area contributed by atoms with E-state index in [0.717, 1.165) is 22.1 Å². The van der Waals surface area contributed by atoms with Gasteiger partial charge < -0.3 is 14.3 Å². The molecule has 0 bridgehead atoms.